The van der Waals surface area contributed by atoms with E-state index in [1.54, 1.807) is 25.1 Å². The first-order valence-electron chi connectivity index (χ1n) is 6.91. The molecule has 1 aliphatic rings. The van der Waals surface area contributed by atoms with Gasteiger partial charge in [-0.05, 0) is 43.2 Å². The Morgan fingerprint density at radius 3 is 2.73 bits per heavy atom. The molecule has 1 aromatic heterocycles. The lowest BCUT2D eigenvalue weighted by Gasteiger charge is -2.12. The summed E-state index contributed by atoms with van der Waals surface area (Å²) >= 11 is 0. The summed E-state index contributed by atoms with van der Waals surface area (Å²) in [5, 5.41) is 0. The molecule has 0 unspecified atom stereocenters. The average molecular weight is 300 g/mol. The maximum absolute atomic E-state index is 12.1. The molecule has 2 aromatic rings. The molecule has 0 bridgehead atoms. The fraction of sp³-hybridized carbons (Fsp3) is 0.250. The first kappa shape index (κ1) is 14.2. The molecule has 114 valence electrons. The van der Waals surface area contributed by atoms with E-state index in [2.05, 4.69) is 5.43 Å². The van der Waals surface area contributed by atoms with Crippen LogP contribution < -0.4 is 20.5 Å². The quantitative estimate of drug-likeness (QED) is 0.933. The number of fused-ring (bicyclic) bond motifs is 1. The first-order chi connectivity index (χ1) is 10.5. The number of pyridine rings is 1. The Kier molecular flexibility index (Phi) is 3.58. The fourth-order valence-corrected chi connectivity index (χ4v) is 2.41. The summed E-state index contributed by atoms with van der Waals surface area (Å²) in [7, 11) is 0. The normalized spacial score (nSPS) is 12.3. The van der Waals surface area contributed by atoms with E-state index in [1.807, 2.05) is 13.0 Å². The monoisotopic (exact) mass is 300 g/mol. The summed E-state index contributed by atoms with van der Waals surface area (Å²) in [4.78, 5) is 24.0. The maximum Gasteiger partial charge on any atom is 0.269 e. The molecule has 2 heterocycles. The summed E-state index contributed by atoms with van der Waals surface area (Å²) in [6, 6.07) is 8.66. The van der Waals surface area contributed by atoms with Gasteiger partial charge in [-0.3, -0.25) is 15.0 Å². The van der Waals surface area contributed by atoms with Crippen LogP contribution in [0.25, 0.3) is 0 Å². The lowest BCUT2D eigenvalue weighted by molar-refractivity contribution is -0.116. The zero-order valence-corrected chi connectivity index (χ0v) is 12.4. The summed E-state index contributed by atoms with van der Waals surface area (Å²) in [5.41, 5.74) is 4.70. The summed E-state index contributed by atoms with van der Waals surface area (Å²) < 4.78 is 11.8. The van der Waals surface area contributed by atoms with Gasteiger partial charge in [0.1, 0.15) is 0 Å². The van der Waals surface area contributed by atoms with Crippen molar-refractivity contribution in [1.29, 1.82) is 0 Å². The fourth-order valence-electron chi connectivity index (χ4n) is 2.41. The van der Waals surface area contributed by atoms with Crippen molar-refractivity contribution >= 4 is 5.91 Å². The smallest absolute Gasteiger partial charge is 0.269 e. The lowest BCUT2D eigenvalue weighted by Crippen LogP contribution is -2.35. The molecule has 1 aliphatic heterocycles. The molecule has 22 heavy (non-hydrogen) atoms. The number of carbonyl (C=O) groups excluding carboxylic acids is 1. The first-order valence-corrected chi connectivity index (χ1v) is 6.91. The molecule has 6 heteroatoms. The van der Waals surface area contributed by atoms with E-state index in [1.165, 1.54) is 10.7 Å². The van der Waals surface area contributed by atoms with Crippen molar-refractivity contribution in [3.8, 4) is 11.5 Å². The van der Waals surface area contributed by atoms with Crippen LogP contribution in [0.15, 0.2) is 35.1 Å². The highest BCUT2D eigenvalue weighted by atomic mass is 16.7. The predicted molar refractivity (Wildman–Crippen MR) is 80.8 cm³/mol. The molecular weight excluding hydrogens is 284 g/mol. The molecule has 0 spiro atoms. The minimum absolute atomic E-state index is 0.149. The topological polar surface area (TPSA) is 69.6 Å². The van der Waals surface area contributed by atoms with Crippen molar-refractivity contribution in [3.63, 3.8) is 0 Å². The summed E-state index contributed by atoms with van der Waals surface area (Å²) in [6.45, 7) is 3.81. The lowest BCUT2D eigenvalue weighted by atomic mass is 10.1. The van der Waals surface area contributed by atoms with Crippen molar-refractivity contribution in [2.75, 3.05) is 12.2 Å². The third-order valence-corrected chi connectivity index (χ3v) is 3.40. The Balaban J connectivity index is 1.75. The summed E-state index contributed by atoms with van der Waals surface area (Å²) in [6.07, 6.45) is 0.149. The Labute approximate surface area is 127 Å². The van der Waals surface area contributed by atoms with Crippen molar-refractivity contribution < 1.29 is 14.3 Å². The molecule has 1 aromatic carbocycles. The number of rotatable bonds is 3. The minimum atomic E-state index is -0.270. The number of ether oxygens (including phenoxy) is 2. The van der Waals surface area contributed by atoms with Crippen LogP contribution in [-0.4, -0.2) is 17.4 Å². The van der Waals surface area contributed by atoms with Gasteiger partial charge < -0.3 is 9.47 Å². The minimum Gasteiger partial charge on any atom is -0.454 e. The van der Waals surface area contributed by atoms with Crippen LogP contribution in [0.4, 0.5) is 0 Å². The number of carbonyl (C=O) groups is 1. The van der Waals surface area contributed by atoms with Gasteiger partial charge in [-0.2, -0.15) is 0 Å². The molecule has 3 rings (SSSR count). The van der Waals surface area contributed by atoms with E-state index in [0.29, 0.717) is 17.2 Å². The van der Waals surface area contributed by atoms with Crippen LogP contribution >= 0.6 is 0 Å². The van der Waals surface area contributed by atoms with Crippen LogP contribution in [-0.2, 0) is 11.2 Å². The van der Waals surface area contributed by atoms with Crippen LogP contribution in [0, 0.1) is 13.8 Å². The highest BCUT2D eigenvalue weighted by Crippen LogP contribution is 2.32. The second-order valence-electron chi connectivity index (χ2n) is 5.25. The van der Waals surface area contributed by atoms with Gasteiger partial charge >= 0.3 is 0 Å². The zero-order valence-electron chi connectivity index (χ0n) is 12.4. The molecule has 0 aliphatic carbocycles. The molecule has 0 atom stereocenters. The second kappa shape index (κ2) is 5.55. The van der Waals surface area contributed by atoms with Crippen LogP contribution in [0.2, 0.25) is 0 Å². The number of aromatic nitrogens is 1. The van der Waals surface area contributed by atoms with Gasteiger partial charge in [0.25, 0.3) is 5.56 Å². The van der Waals surface area contributed by atoms with Gasteiger partial charge in [0.2, 0.25) is 12.7 Å². The van der Waals surface area contributed by atoms with Gasteiger partial charge in [-0.25, -0.2) is 4.68 Å². The number of hydrogen-bond acceptors (Lipinski definition) is 4. The van der Waals surface area contributed by atoms with Crippen molar-refractivity contribution in [2.45, 2.75) is 20.3 Å². The number of nitrogens with zero attached hydrogens (tertiary/aromatic N) is 1. The SMILES string of the molecule is Cc1cc(C)n(NC(=O)Cc2ccc3c(c2)OCO3)c(=O)c1. The van der Waals surface area contributed by atoms with Crippen molar-refractivity contribution in [1.82, 2.24) is 4.68 Å². The molecule has 0 saturated heterocycles. The van der Waals surface area contributed by atoms with Crippen LogP contribution in [0.3, 0.4) is 0 Å². The molecule has 0 fully saturated rings. The van der Waals surface area contributed by atoms with Crippen LogP contribution in [0.1, 0.15) is 16.8 Å². The molecular formula is C16H16N2O4. The number of hydrogen-bond donors (Lipinski definition) is 1. The van der Waals surface area contributed by atoms with E-state index in [-0.39, 0.29) is 24.7 Å². The Morgan fingerprint density at radius 2 is 1.95 bits per heavy atom. The number of nitrogens with one attached hydrogen (secondary N) is 1. The summed E-state index contributed by atoms with van der Waals surface area (Å²) in [5.74, 6) is 1.04. The van der Waals surface area contributed by atoms with Gasteiger partial charge in [0.05, 0.1) is 6.42 Å². The predicted octanol–water partition coefficient (Wildman–Crippen LogP) is 1.51. The van der Waals surface area contributed by atoms with Crippen LogP contribution in [0.5, 0.6) is 11.5 Å². The van der Waals surface area contributed by atoms with Gasteiger partial charge in [0.15, 0.2) is 11.5 Å². The van der Waals surface area contributed by atoms with E-state index in [9.17, 15) is 9.59 Å². The Hall–Kier alpha value is -2.76. The molecule has 0 saturated carbocycles. The maximum atomic E-state index is 12.1. The average Bonchev–Trinajstić information content (AvgIpc) is 2.90. The molecule has 0 radical (unpaired) electrons. The number of benzene rings is 1. The molecule has 1 amide bonds. The van der Waals surface area contributed by atoms with Gasteiger partial charge in [0, 0.05) is 11.8 Å². The Morgan fingerprint density at radius 1 is 1.18 bits per heavy atom. The number of aryl methyl sites for hydroxylation is 2. The third-order valence-electron chi connectivity index (χ3n) is 3.40. The number of amides is 1. The standard InChI is InChI=1S/C16H16N2O4/c1-10-5-11(2)18(16(20)6-10)17-15(19)8-12-3-4-13-14(7-12)22-9-21-13/h3-7H,8-9H2,1-2H3,(H,17,19). The second-order valence-corrected chi connectivity index (χ2v) is 5.25. The molecule has 6 nitrogen and oxygen atoms in total. The third kappa shape index (κ3) is 2.81. The largest absolute Gasteiger partial charge is 0.454 e. The van der Waals surface area contributed by atoms with E-state index in [0.717, 1.165) is 11.1 Å². The zero-order chi connectivity index (χ0) is 15.7. The highest BCUT2D eigenvalue weighted by molar-refractivity contribution is 5.86. The van der Waals surface area contributed by atoms with E-state index < -0.39 is 0 Å². The molecule has 1 N–H and O–H groups in total. The van der Waals surface area contributed by atoms with Crippen molar-refractivity contribution in [3.05, 3.63) is 57.5 Å². The van der Waals surface area contributed by atoms with E-state index >= 15 is 0 Å². The van der Waals surface area contributed by atoms with Crippen molar-refractivity contribution in [2.24, 2.45) is 0 Å². The van der Waals surface area contributed by atoms with E-state index in [4.69, 9.17) is 9.47 Å². The Bertz CT molecular complexity index is 795. The van der Waals surface area contributed by atoms with Gasteiger partial charge in [-0.15, -0.1) is 0 Å². The van der Waals surface area contributed by atoms with Gasteiger partial charge in [-0.1, -0.05) is 6.07 Å². The highest BCUT2D eigenvalue weighted by Gasteiger charge is 2.15.